The molecule has 0 aliphatic rings. The van der Waals surface area contributed by atoms with Crippen molar-refractivity contribution in [2.75, 3.05) is 0 Å². The molecule has 0 saturated carbocycles. The highest BCUT2D eigenvalue weighted by Crippen LogP contribution is 1.96. The average molecular weight is 169 g/mol. The molecule has 66 valence electrons. The summed E-state index contributed by atoms with van der Waals surface area (Å²) in [7, 11) is 0. The lowest BCUT2D eigenvalue weighted by Gasteiger charge is -1.86. The number of carboxylic acid groups (broad SMARTS) is 1. The zero-order valence-corrected chi connectivity index (χ0v) is 6.87. The fourth-order valence-corrected chi connectivity index (χ4v) is 0.893. The van der Waals surface area contributed by atoms with Crippen molar-refractivity contribution >= 4 is 5.97 Å². The zero-order valence-electron chi connectivity index (χ0n) is 6.87. The van der Waals surface area contributed by atoms with Crippen LogP contribution in [0.15, 0.2) is 0 Å². The Morgan fingerprint density at radius 1 is 1.67 bits per heavy atom. The second-order valence-corrected chi connectivity index (χ2v) is 2.52. The summed E-state index contributed by atoms with van der Waals surface area (Å²) in [6, 6.07) is 0. The number of aromatic nitrogens is 3. The number of hydrogen-bond acceptors (Lipinski definition) is 3. The summed E-state index contributed by atoms with van der Waals surface area (Å²) < 4.78 is 0. The van der Waals surface area contributed by atoms with Crippen molar-refractivity contribution in [3.05, 3.63) is 11.6 Å². The second-order valence-electron chi connectivity index (χ2n) is 2.52. The van der Waals surface area contributed by atoms with Gasteiger partial charge in [0.2, 0.25) is 0 Å². The van der Waals surface area contributed by atoms with Gasteiger partial charge in [0.15, 0.2) is 5.82 Å². The quantitative estimate of drug-likeness (QED) is 0.683. The van der Waals surface area contributed by atoms with Crippen molar-refractivity contribution in [2.45, 2.75) is 26.2 Å². The molecule has 0 fully saturated rings. The first-order valence-electron chi connectivity index (χ1n) is 3.84. The smallest absolute Gasteiger partial charge is 0.311 e. The molecule has 1 heterocycles. The Bertz CT molecular complexity index is 269. The summed E-state index contributed by atoms with van der Waals surface area (Å²) in [5.74, 6) is 0.217. The van der Waals surface area contributed by atoms with E-state index in [1.54, 1.807) is 0 Å². The van der Waals surface area contributed by atoms with Gasteiger partial charge in [-0.3, -0.25) is 9.89 Å². The Balaban J connectivity index is 2.58. The lowest BCUT2D eigenvalue weighted by Crippen LogP contribution is -2.01. The highest BCUT2D eigenvalue weighted by Gasteiger charge is 2.05. The van der Waals surface area contributed by atoms with E-state index in [0.717, 1.165) is 12.8 Å². The fourth-order valence-electron chi connectivity index (χ4n) is 0.893. The van der Waals surface area contributed by atoms with Gasteiger partial charge >= 0.3 is 5.97 Å². The van der Waals surface area contributed by atoms with Crippen LogP contribution in [0.2, 0.25) is 0 Å². The maximum Gasteiger partial charge on any atom is 0.311 e. The Kier molecular flexibility index (Phi) is 2.79. The molecule has 1 aromatic rings. The molecule has 0 aliphatic heterocycles. The number of aromatic amines is 1. The number of rotatable bonds is 4. The number of nitrogens with zero attached hydrogens (tertiary/aromatic N) is 2. The van der Waals surface area contributed by atoms with Gasteiger partial charge in [0.1, 0.15) is 12.2 Å². The monoisotopic (exact) mass is 169 g/mol. The second kappa shape index (κ2) is 3.85. The van der Waals surface area contributed by atoms with Crippen LogP contribution in [0.1, 0.15) is 25.0 Å². The maximum absolute atomic E-state index is 10.2. The summed E-state index contributed by atoms with van der Waals surface area (Å²) in [6.07, 6.45) is 1.66. The number of hydrogen-bond donors (Lipinski definition) is 2. The molecule has 0 amide bonds. The van der Waals surface area contributed by atoms with Gasteiger partial charge in [-0.1, -0.05) is 6.92 Å². The van der Waals surface area contributed by atoms with Crippen LogP contribution >= 0.6 is 0 Å². The first-order chi connectivity index (χ1) is 5.72. The molecule has 0 aromatic carbocycles. The minimum atomic E-state index is -0.894. The van der Waals surface area contributed by atoms with Crippen LogP contribution < -0.4 is 0 Å². The summed E-state index contributed by atoms with van der Waals surface area (Å²) in [5, 5.41) is 14.9. The standard InChI is InChI=1S/C7H11N3O2/c1-2-3-5-8-6(10-9-5)4-7(11)12/h2-4H2,1H3,(H,11,12)(H,8,9,10). The fraction of sp³-hybridized carbons (Fsp3) is 0.571. The third-order valence-electron chi connectivity index (χ3n) is 1.37. The third kappa shape index (κ3) is 2.34. The number of aliphatic carboxylic acids is 1. The van der Waals surface area contributed by atoms with Crippen LogP contribution in [-0.4, -0.2) is 26.3 Å². The Hall–Kier alpha value is -1.39. The van der Waals surface area contributed by atoms with Gasteiger partial charge in [-0.25, -0.2) is 4.98 Å². The lowest BCUT2D eigenvalue weighted by atomic mass is 10.3. The van der Waals surface area contributed by atoms with Crippen molar-refractivity contribution < 1.29 is 9.90 Å². The van der Waals surface area contributed by atoms with E-state index in [1.165, 1.54) is 0 Å². The van der Waals surface area contributed by atoms with Gasteiger partial charge in [0.25, 0.3) is 0 Å². The van der Waals surface area contributed by atoms with Crippen LogP contribution in [0, 0.1) is 0 Å². The van der Waals surface area contributed by atoms with Crippen molar-refractivity contribution in [1.29, 1.82) is 0 Å². The SMILES string of the molecule is CCCc1n[nH]c(CC(=O)O)n1. The molecule has 5 nitrogen and oxygen atoms in total. The Morgan fingerprint density at radius 3 is 3.00 bits per heavy atom. The lowest BCUT2D eigenvalue weighted by molar-refractivity contribution is -0.136. The Morgan fingerprint density at radius 2 is 2.42 bits per heavy atom. The molecule has 0 bridgehead atoms. The highest BCUT2D eigenvalue weighted by molar-refractivity contribution is 5.68. The van der Waals surface area contributed by atoms with Gasteiger partial charge in [0.05, 0.1) is 0 Å². The van der Waals surface area contributed by atoms with Crippen molar-refractivity contribution in [3.63, 3.8) is 0 Å². The van der Waals surface area contributed by atoms with E-state index in [1.807, 2.05) is 6.92 Å². The van der Waals surface area contributed by atoms with Crippen molar-refractivity contribution in [1.82, 2.24) is 15.2 Å². The molecule has 0 aliphatic carbocycles. The molecule has 12 heavy (non-hydrogen) atoms. The minimum Gasteiger partial charge on any atom is -0.481 e. The van der Waals surface area contributed by atoms with E-state index >= 15 is 0 Å². The van der Waals surface area contributed by atoms with E-state index in [-0.39, 0.29) is 6.42 Å². The van der Waals surface area contributed by atoms with Gasteiger partial charge in [0, 0.05) is 6.42 Å². The summed E-state index contributed by atoms with van der Waals surface area (Å²) in [4.78, 5) is 14.2. The molecule has 5 heteroatoms. The predicted molar refractivity (Wildman–Crippen MR) is 41.7 cm³/mol. The Labute approximate surface area is 69.8 Å². The number of nitrogens with one attached hydrogen (secondary N) is 1. The first kappa shape index (κ1) is 8.70. The van der Waals surface area contributed by atoms with E-state index in [9.17, 15) is 4.79 Å². The first-order valence-corrected chi connectivity index (χ1v) is 3.84. The molecule has 2 N–H and O–H groups in total. The molecule has 0 saturated heterocycles. The molecule has 0 unspecified atom stereocenters. The molecule has 0 spiro atoms. The third-order valence-corrected chi connectivity index (χ3v) is 1.37. The van der Waals surface area contributed by atoms with E-state index < -0.39 is 5.97 Å². The number of H-pyrrole nitrogens is 1. The zero-order chi connectivity index (χ0) is 8.97. The molecular weight excluding hydrogens is 158 g/mol. The van der Waals surface area contributed by atoms with Crippen LogP contribution in [0.25, 0.3) is 0 Å². The summed E-state index contributed by atoms with van der Waals surface area (Å²) in [6.45, 7) is 2.02. The number of aryl methyl sites for hydroxylation is 1. The highest BCUT2D eigenvalue weighted by atomic mass is 16.4. The summed E-state index contributed by atoms with van der Waals surface area (Å²) in [5.41, 5.74) is 0. The van der Waals surface area contributed by atoms with E-state index in [4.69, 9.17) is 5.11 Å². The molecule has 0 radical (unpaired) electrons. The molecule has 0 atom stereocenters. The van der Waals surface area contributed by atoms with Gasteiger partial charge in [-0.2, -0.15) is 5.10 Å². The molecule has 1 aromatic heterocycles. The molecular formula is C7H11N3O2. The van der Waals surface area contributed by atoms with Crippen molar-refractivity contribution in [3.8, 4) is 0 Å². The van der Waals surface area contributed by atoms with Crippen LogP contribution in [-0.2, 0) is 17.6 Å². The number of carboxylic acids is 1. The van der Waals surface area contributed by atoms with E-state index in [0.29, 0.717) is 11.6 Å². The van der Waals surface area contributed by atoms with Gasteiger partial charge in [-0.05, 0) is 6.42 Å². The normalized spacial score (nSPS) is 10.1. The van der Waals surface area contributed by atoms with Gasteiger partial charge < -0.3 is 5.11 Å². The van der Waals surface area contributed by atoms with Crippen LogP contribution in [0.5, 0.6) is 0 Å². The van der Waals surface area contributed by atoms with Crippen LogP contribution in [0.4, 0.5) is 0 Å². The molecule has 1 rings (SSSR count). The van der Waals surface area contributed by atoms with Crippen molar-refractivity contribution in [2.24, 2.45) is 0 Å². The predicted octanol–water partition coefficient (Wildman–Crippen LogP) is 0.384. The number of carbonyl (C=O) groups is 1. The average Bonchev–Trinajstić information content (AvgIpc) is 2.36. The largest absolute Gasteiger partial charge is 0.481 e. The summed E-state index contributed by atoms with van der Waals surface area (Å²) >= 11 is 0. The van der Waals surface area contributed by atoms with Gasteiger partial charge in [-0.15, -0.1) is 0 Å². The minimum absolute atomic E-state index is 0.0866. The van der Waals surface area contributed by atoms with E-state index in [2.05, 4.69) is 15.2 Å². The van der Waals surface area contributed by atoms with Crippen LogP contribution in [0.3, 0.4) is 0 Å². The topological polar surface area (TPSA) is 78.9 Å². The maximum atomic E-state index is 10.2.